The Labute approximate surface area is 180 Å². The molecule has 7 heteroatoms. The number of aromatic nitrogens is 1. The fraction of sp³-hybridized carbons (Fsp3) is 0.409. The van der Waals surface area contributed by atoms with Crippen LogP contribution in [0.3, 0.4) is 0 Å². The number of Topliss-reactive ketones (excluding diaryl/α,β-unsaturated/α-hetero) is 1. The van der Waals surface area contributed by atoms with E-state index in [0.717, 1.165) is 28.6 Å². The first-order valence-electron chi connectivity index (χ1n) is 9.83. The Morgan fingerprint density at radius 1 is 1.24 bits per heavy atom. The molecule has 0 saturated heterocycles. The van der Waals surface area contributed by atoms with Gasteiger partial charge in [0.05, 0.1) is 25.0 Å². The molecule has 1 N–H and O–H groups in total. The first-order valence-corrected chi connectivity index (χ1v) is 11.7. The van der Waals surface area contributed by atoms with Gasteiger partial charge in [-0.2, -0.15) is 0 Å². The molecule has 1 aliphatic rings. The lowest BCUT2D eigenvalue weighted by Crippen LogP contribution is -2.26. The zero-order valence-electron chi connectivity index (χ0n) is 16.6. The molecule has 0 fully saturated rings. The first kappa shape index (κ1) is 21.6. The minimum absolute atomic E-state index is 0.00225. The number of thiazole rings is 1. The van der Waals surface area contributed by atoms with E-state index < -0.39 is 0 Å². The maximum atomic E-state index is 12.3. The summed E-state index contributed by atoms with van der Waals surface area (Å²) in [7, 11) is 1.60. The number of amides is 1. The van der Waals surface area contributed by atoms with Crippen LogP contribution in [0.25, 0.3) is 0 Å². The number of carbonyl (C=O) groups is 2. The SMILES string of the molecule is COc1ccc(C(=O)CSc2nc(CC(=O)NCCC3=CCCCC3)cs2)cc1. The molecular formula is C22H26N2O3S2. The number of carbonyl (C=O) groups excluding carboxylic acids is 2. The Kier molecular flexibility index (Phi) is 8.31. The summed E-state index contributed by atoms with van der Waals surface area (Å²) in [5, 5.41) is 4.87. The average Bonchev–Trinajstić information content (AvgIpc) is 3.20. The lowest BCUT2D eigenvalue weighted by Gasteiger charge is -2.12. The van der Waals surface area contributed by atoms with E-state index in [0.29, 0.717) is 17.9 Å². The van der Waals surface area contributed by atoms with Crippen molar-refractivity contribution in [1.29, 1.82) is 0 Å². The summed E-state index contributed by atoms with van der Waals surface area (Å²) in [5.41, 5.74) is 2.87. The number of benzene rings is 1. The molecular weight excluding hydrogens is 404 g/mol. The minimum atomic E-state index is -0.00225. The molecule has 0 radical (unpaired) electrons. The van der Waals surface area contributed by atoms with Gasteiger partial charge in [0.1, 0.15) is 5.75 Å². The molecule has 29 heavy (non-hydrogen) atoms. The molecule has 2 aromatic rings. The minimum Gasteiger partial charge on any atom is -0.497 e. The largest absolute Gasteiger partial charge is 0.497 e. The number of nitrogens with one attached hydrogen (secondary N) is 1. The molecule has 0 bridgehead atoms. The number of nitrogens with zero attached hydrogens (tertiary/aromatic N) is 1. The molecule has 1 heterocycles. The Balaban J connectivity index is 1.39. The summed E-state index contributed by atoms with van der Waals surface area (Å²) < 4.78 is 5.92. The van der Waals surface area contributed by atoms with Gasteiger partial charge in [-0.25, -0.2) is 4.98 Å². The van der Waals surface area contributed by atoms with Gasteiger partial charge >= 0.3 is 0 Å². The molecule has 1 amide bonds. The normalized spacial score (nSPS) is 13.6. The van der Waals surface area contributed by atoms with E-state index in [9.17, 15) is 9.59 Å². The van der Waals surface area contributed by atoms with Crippen molar-refractivity contribution >= 4 is 34.8 Å². The molecule has 5 nitrogen and oxygen atoms in total. The van der Waals surface area contributed by atoms with Crippen LogP contribution in [-0.4, -0.2) is 36.1 Å². The summed E-state index contributed by atoms with van der Waals surface area (Å²) in [6.07, 6.45) is 8.42. The van der Waals surface area contributed by atoms with E-state index in [1.165, 1.54) is 47.9 Å². The highest BCUT2D eigenvalue weighted by molar-refractivity contribution is 8.01. The molecule has 3 rings (SSSR count). The quantitative estimate of drug-likeness (QED) is 0.337. The Morgan fingerprint density at radius 3 is 2.79 bits per heavy atom. The second-order valence-corrected chi connectivity index (χ2v) is 9.01. The first-order chi connectivity index (χ1) is 14.1. The number of thioether (sulfide) groups is 1. The van der Waals surface area contributed by atoms with Gasteiger partial charge in [0.15, 0.2) is 10.1 Å². The third-order valence-electron chi connectivity index (χ3n) is 4.76. The second-order valence-electron chi connectivity index (χ2n) is 6.93. The van der Waals surface area contributed by atoms with Crippen molar-refractivity contribution in [3.63, 3.8) is 0 Å². The highest BCUT2D eigenvalue weighted by atomic mass is 32.2. The van der Waals surface area contributed by atoms with Crippen LogP contribution < -0.4 is 10.1 Å². The maximum Gasteiger partial charge on any atom is 0.226 e. The van der Waals surface area contributed by atoms with Crippen LogP contribution in [0.1, 0.15) is 48.2 Å². The zero-order valence-corrected chi connectivity index (χ0v) is 18.2. The summed E-state index contributed by atoms with van der Waals surface area (Å²) in [5.74, 6) is 1.09. The fourth-order valence-electron chi connectivity index (χ4n) is 3.14. The second kappa shape index (κ2) is 11.2. The van der Waals surface area contributed by atoms with Gasteiger partial charge in [-0.05, 0) is 56.4 Å². The van der Waals surface area contributed by atoms with Crippen LogP contribution in [0.4, 0.5) is 0 Å². The summed E-state index contributed by atoms with van der Waals surface area (Å²) >= 11 is 2.88. The number of ketones is 1. The lowest BCUT2D eigenvalue weighted by atomic mass is 9.97. The topological polar surface area (TPSA) is 68.3 Å². The van der Waals surface area contributed by atoms with Crippen molar-refractivity contribution in [2.75, 3.05) is 19.4 Å². The van der Waals surface area contributed by atoms with Gasteiger partial charge in [-0.1, -0.05) is 23.4 Å². The fourth-order valence-corrected chi connectivity index (χ4v) is 4.88. The van der Waals surface area contributed by atoms with Crippen LogP contribution in [0.15, 0.2) is 45.6 Å². The number of methoxy groups -OCH3 is 1. The van der Waals surface area contributed by atoms with Crippen molar-refractivity contribution in [3.8, 4) is 5.75 Å². The number of allylic oxidation sites excluding steroid dienone is 1. The maximum absolute atomic E-state index is 12.3. The van der Waals surface area contributed by atoms with Gasteiger partial charge in [-0.15, -0.1) is 11.3 Å². The van der Waals surface area contributed by atoms with Crippen molar-refractivity contribution < 1.29 is 14.3 Å². The van der Waals surface area contributed by atoms with E-state index in [1.807, 2.05) is 5.38 Å². The summed E-state index contributed by atoms with van der Waals surface area (Å²) in [6.45, 7) is 0.687. The van der Waals surface area contributed by atoms with Crippen molar-refractivity contribution in [3.05, 3.63) is 52.6 Å². The number of hydrogen-bond acceptors (Lipinski definition) is 6. The molecule has 0 saturated carbocycles. The Morgan fingerprint density at radius 2 is 2.07 bits per heavy atom. The third-order valence-corrected chi connectivity index (χ3v) is 6.83. The standard InChI is InChI=1S/C22H26N2O3S2/c1-27-19-9-7-17(8-10-19)20(25)15-29-22-24-18(14-28-22)13-21(26)23-12-11-16-5-3-2-4-6-16/h5,7-10,14H,2-4,6,11-13,15H2,1H3,(H,23,26). The molecule has 1 aromatic carbocycles. The van der Waals surface area contributed by atoms with E-state index in [1.54, 1.807) is 31.4 Å². The molecule has 0 atom stereocenters. The van der Waals surface area contributed by atoms with Crippen molar-refractivity contribution in [2.45, 2.75) is 42.9 Å². The Hall–Kier alpha value is -2.12. The summed E-state index contributed by atoms with van der Waals surface area (Å²) in [4.78, 5) is 28.9. The van der Waals surface area contributed by atoms with Crippen LogP contribution >= 0.6 is 23.1 Å². The van der Waals surface area contributed by atoms with E-state index in [2.05, 4.69) is 16.4 Å². The van der Waals surface area contributed by atoms with Crippen LogP contribution in [-0.2, 0) is 11.2 Å². The number of rotatable bonds is 10. The van der Waals surface area contributed by atoms with Crippen molar-refractivity contribution in [2.24, 2.45) is 0 Å². The lowest BCUT2D eigenvalue weighted by molar-refractivity contribution is -0.120. The van der Waals surface area contributed by atoms with Gasteiger partial charge in [0, 0.05) is 17.5 Å². The van der Waals surface area contributed by atoms with Crippen LogP contribution in [0.5, 0.6) is 5.75 Å². The van der Waals surface area contributed by atoms with Crippen LogP contribution in [0.2, 0.25) is 0 Å². The highest BCUT2D eigenvalue weighted by Crippen LogP contribution is 2.24. The number of ether oxygens (including phenoxy) is 1. The third kappa shape index (κ3) is 7.01. The van der Waals surface area contributed by atoms with Gasteiger partial charge in [0.2, 0.25) is 5.91 Å². The molecule has 154 valence electrons. The van der Waals surface area contributed by atoms with Gasteiger partial charge in [0.25, 0.3) is 0 Å². The smallest absolute Gasteiger partial charge is 0.226 e. The van der Waals surface area contributed by atoms with Gasteiger partial charge in [-0.3, -0.25) is 9.59 Å². The zero-order chi connectivity index (χ0) is 20.5. The van der Waals surface area contributed by atoms with Crippen molar-refractivity contribution in [1.82, 2.24) is 10.3 Å². The van der Waals surface area contributed by atoms with Gasteiger partial charge < -0.3 is 10.1 Å². The molecule has 1 aromatic heterocycles. The van der Waals surface area contributed by atoms with E-state index in [4.69, 9.17) is 4.74 Å². The van der Waals surface area contributed by atoms with Crippen LogP contribution in [0, 0.1) is 0 Å². The monoisotopic (exact) mass is 430 g/mol. The Bertz CT molecular complexity index is 859. The molecule has 0 unspecified atom stereocenters. The predicted molar refractivity (Wildman–Crippen MR) is 118 cm³/mol. The van der Waals surface area contributed by atoms with E-state index >= 15 is 0 Å². The number of hydrogen-bond donors (Lipinski definition) is 1. The molecule has 1 aliphatic carbocycles. The molecule has 0 aliphatic heterocycles. The van der Waals surface area contributed by atoms with E-state index in [-0.39, 0.29) is 18.1 Å². The summed E-state index contributed by atoms with van der Waals surface area (Å²) in [6, 6.07) is 7.09. The molecule has 0 spiro atoms. The average molecular weight is 431 g/mol. The predicted octanol–water partition coefficient (Wildman–Crippen LogP) is 4.68. The highest BCUT2D eigenvalue weighted by Gasteiger charge is 2.12.